The third-order valence-electron chi connectivity index (χ3n) is 4.51. The zero-order valence-electron chi connectivity index (χ0n) is 15.2. The Morgan fingerprint density at radius 1 is 1.40 bits per heavy atom. The molecule has 0 bridgehead atoms. The molecule has 0 aliphatic carbocycles. The van der Waals surface area contributed by atoms with Crippen LogP contribution in [0.5, 0.6) is 0 Å². The predicted octanol–water partition coefficient (Wildman–Crippen LogP) is 1.23. The molecule has 25 heavy (non-hydrogen) atoms. The van der Waals surface area contributed by atoms with E-state index < -0.39 is 0 Å². The van der Waals surface area contributed by atoms with Crippen molar-refractivity contribution in [1.29, 1.82) is 0 Å². The van der Waals surface area contributed by atoms with Gasteiger partial charge in [0, 0.05) is 37.3 Å². The average Bonchev–Trinajstić information content (AvgIpc) is 2.60. The monoisotopic (exact) mass is 346 g/mol. The second kappa shape index (κ2) is 9.25. The lowest BCUT2D eigenvalue weighted by Crippen LogP contribution is -2.39. The van der Waals surface area contributed by atoms with E-state index in [-0.39, 0.29) is 11.8 Å². The normalized spacial score (nSPS) is 16.3. The van der Waals surface area contributed by atoms with Gasteiger partial charge in [-0.1, -0.05) is 19.9 Å². The summed E-state index contributed by atoms with van der Waals surface area (Å²) < 4.78 is 0. The summed E-state index contributed by atoms with van der Waals surface area (Å²) in [5, 5.41) is 3.14. The van der Waals surface area contributed by atoms with Gasteiger partial charge < -0.3 is 21.7 Å². The molecule has 0 aromatic carbocycles. The number of nitrogens with one attached hydrogen (secondary N) is 1. The summed E-state index contributed by atoms with van der Waals surface area (Å²) in [5.74, 6) is 1.79. The first-order chi connectivity index (χ1) is 12.0. The van der Waals surface area contributed by atoms with E-state index in [4.69, 9.17) is 11.5 Å². The lowest BCUT2D eigenvalue weighted by atomic mass is 9.96. The molecule has 1 aromatic heterocycles. The van der Waals surface area contributed by atoms with Crippen LogP contribution in [0.15, 0.2) is 23.3 Å². The van der Waals surface area contributed by atoms with Crippen LogP contribution in [0.2, 0.25) is 0 Å². The number of hydrogen-bond donors (Lipinski definition) is 3. The Morgan fingerprint density at radius 3 is 2.76 bits per heavy atom. The summed E-state index contributed by atoms with van der Waals surface area (Å²) >= 11 is 0. The van der Waals surface area contributed by atoms with E-state index in [1.807, 2.05) is 12.1 Å². The van der Waals surface area contributed by atoms with Gasteiger partial charge in [0.1, 0.15) is 5.82 Å². The van der Waals surface area contributed by atoms with Gasteiger partial charge in [-0.3, -0.25) is 4.79 Å². The van der Waals surface area contributed by atoms with E-state index in [2.05, 4.69) is 34.0 Å². The topological polar surface area (TPSA) is 110 Å². The molecule has 0 spiro atoms. The molecule has 0 unspecified atom stereocenters. The molecule has 5 N–H and O–H groups in total. The van der Waals surface area contributed by atoms with Crippen molar-refractivity contribution in [3.8, 4) is 0 Å². The van der Waals surface area contributed by atoms with Gasteiger partial charge in [-0.25, -0.2) is 9.98 Å². The first-order valence-electron chi connectivity index (χ1n) is 8.99. The molecule has 1 aliphatic heterocycles. The minimum absolute atomic E-state index is 0.0257. The Hall–Kier alpha value is -2.31. The molecule has 1 aromatic rings. The SMILES string of the molecule is CC(C)CCNC(N)=NCc1cccnc1N1CCC(C(N)=O)CC1. The highest BCUT2D eigenvalue weighted by Crippen LogP contribution is 2.24. The van der Waals surface area contributed by atoms with E-state index in [0.717, 1.165) is 50.3 Å². The van der Waals surface area contributed by atoms with Gasteiger partial charge in [-0.05, 0) is 31.2 Å². The molecule has 2 rings (SSSR count). The molecule has 1 amide bonds. The highest BCUT2D eigenvalue weighted by molar-refractivity contribution is 5.78. The molecule has 0 atom stereocenters. The second-order valence-corrected chi connectivity index (χ2v) is 6.96. The van der Waals surface area contributed by atoms with Gasteiger partial charge in [-0.15, -0.1) is 0 Å². The van der Waals surface area contributed by atoms with Gasteiger partial charge in [0.25, 0.3) is 0 Å². The van der Waals surface area contributed by atoms with Crippen LogP contribution in [0, 0.1) is 11.8 Å². The minimum Gasteiger partial charge on any atom is -0.370 e. The van der Waals surface area contributed by atoms with Crippen LogP contribution < -0.4 is 21.7 Å². The predicted molar refractivity (Wildman–Crippen MR) is 101 cm³/mol. The number of anilines is 1. The number of aliphatic imine (C=N–C) groups is 1. The van der Waals surface area contributed by atoms with E-state index in [1.54, 1.807) is 6.20 Å². The number of amides is 1. The van der Waals surface area contributed by atoms with Crippen LogP contribution in [0.25, 0.3) is 0 Å². The van der Waals surface area contributed by atoms with Crippen LogP contribution in [0.4, 0.5) is 5.82 Å². The number of nitrogens with zero attached hydrogens (tertiary/aromatic N) is 3. The summed E-state index contributed by atoms with van der Waals surface area (Å²) in [5.41, 5.74) is 12.4. The Labute approximate surface area is 149 Å². The summed E-state index contributed by atoms with van der Waals surface area (Å²) in [4.78, 5) is 22.5. The van der Waals surface area contributed by atoms with E-state index in [1.165, 1.54) is 0 Å². The number of primary amides is 1. The molecule has 0 radical (unpaired) electrons. The Bertz CT molecular complexity index is 593. The lowest BCUT2D eigenvalue weighted by Gasteiger charge is -2.32. The molecule has 138 valence electrons. The van der Waals surface area contributed by atoms with Gasteiger partial charge in [0.2, 0.25) is 5.91 Å². The first-order valence-corrected chi connectivity index (χ1v) is 8.99. The number of hydrogen-bond acceptors (Lipinski definition) is 4. The van der Waals surface area contributed by atoms with Crippen LogP contribution in [-0.4, -0.2) is 36.5 Å². The van der Waals surface area contributed by atoms with Crippen molar-refractivity contribution in [2.45, 2.75) is 39.7 Å². The van der Waals surface area contributed by atoms with E-state index in [0.29, 0.717) is 18.4 Å². The standard InChI is InChI=1S/C18H30N6O/c1-13(2)5-9-22-18(20)23-12-15-4-3-8-21-17(15)24-10-6-14(7-11-24)16(19)25/h3-4,8,13-14H,5-7,9-12H2,1-2H3,(H2,19,25)(H3,20,22,23). The van der Waals surface area contributed by atoms with Crippen molar-refractivity contribution in [3.05, 3.63) is 23.9 Å². The Kier molecular flexibility index (Phi) is 7.03. The molecule has 7 heteroatoms. The highest BCUT2D eigenvalue weighted by atomic mass is 16.1. The van der Waals surface area contributed by atoms with Crippen LogP contribution >= 0.6 is 0 Å². The summed E-state index contributed by atoms with van der Waals surface area (Å²) in [7, 11) is 0. The van der Waals surface area contributed by atoms with Gasteiger partial charge >= 0.3 is 0 Å². The summed E-state index contributed by atoms with van der Waals surface area (Å²) in [6.45, 7) is 7.23. The smallest absolute Gasteiger partial charge is 0.220 e. The second-order valence-electron chi connectivity index (χ2n) is 6.96. The van der Waals surface area contributed by atoms with Crippen molar-refractivity contribution in [3.63, 3.8) is 0 Å². The number of guanidine groups is 1. The van der Waals surface area contributed by atoms with Gasteiger partial charge in [-0.2, -0.15) is 0 Å². The van der Waals surface area contributed by atoms with Crippen LogP contribution in [-0.2, 0) is 11.3 Å². The van der Waals surface area contributed by atoms with E-state index in [9.17, 15) is 4.79 Å². The quantitative estimate of drug-likeness (QED) is 0.508. The number of rotatable bonds is 7. The molecule has 7 nitrogen and oxygen atoms in total. The largest absolute Gasteiger partial charge is 0.370 e. The molecule has 1 fully saturated rings. The van der Waals surface area contributed by atoms with Crippen molar-refractivity contribution in [1.82, 2.24) is 10.3 Å². The first kappa shape index (κ1) is 19.0. The third-order valence-corrected chi connectivity index (χ3v) is 4.51. The number of pyridine rings is 1. The number of carbonyl (C=O) groups excluding carboxylic acids is 1. The van der Waals surface area contributed by atoms with E-state index >= 15 is 0 Å². The van der Waals surface area contributed by atoms with Crippen molar-refractivity contribution < 1.29 is 4.79 Å². The van der Waals surface area contributed by atoms with Crippen molar-refractivity contribution >= 4 is 17.7 Å². The molecule has 1 aliphatic rings. The van der Waals surface area contributed by atoms with Gasteiger partial charge in [0.05, 0.1) is 6.54 Å². The van der Waals surface area contributed by atoms with Crippen LogP contribution in [0.3, 0.4) is 0 Å². The fraction of sp³-hybridized carbons (Fsp3) is 0.611. The van der Waals surface area contributed by atoms with Crippen LogP contribution in [0.1, 0.15) is 38.7 Å². The number of piperidine rings is 1. The van der Waals surface area contributed by atoms with Gasteiger partial charge in [0.15, 0.2) is 5.96 Å². The molecular formula is C18H30N6O. The fourth-order valence-electron chi connectivity index (χ4n) is 2.93. The minimum atomic E-state index is -0.203. The molecule has 1 saturated heterocycles. The third kappa shape index (κ3) is 5.92. The molecular weight excluding hydrogens is 316 g/mol. The molecule has 0 saturated carbocycles. The highest BCUT2D eigenvalue weighted by Gasteiger charge is 2.24. The summed E-state index contributed by atoms with van der Waals surface area (Å²) in [6, 6.07) is 3.93. The summed E-state index contributed by atoms with van der Waals surface area (Å²) in [6.07, 6.45) is 4.39. The van der Waals surface area contributed by atoms with Crippen molar-refractivity contribution in [2.24, 2.45) is 28.3 Å². The Balaban J connectivity index is 1.95. The maximum absolute atomic E-state index is 11.3. The molecule has 2 heterocycles. The number of aromatic nitrogens is 1. The lowest BCUT2D eigenvalue weighted by molar-refractivity contribution is -0.122. The number of carbonyl (C=O) groups is 1. The zero-order valence-corrected chi connectivity index (χ0v) is 15.2. The fourth-order valence-corrected chi connectivity index (χ4v) is 2.93. The maximum atomic E-state index is 11.3. The Morgan fingerprint density at radius 2 is 2.12 bits per heavy atom. The number of nitrogens with two attached hydrogens (primary N) is 2. The zero-order chi connectivity index (χ0) is 18.2. The maximum Gasteiger partial charge on any atom is 0.220 e. The average molecular weight is 346 g/mol. The van der Waals surface area contributed by atoms with Crippen molar-refractivity contribution in [2.75, 3.05) is 24.5 Å².